The molecule has 0 aromatic heterocycles. The lowest BCUT2D eigenvalue weighted by molar-refractivity contribution is -0.128. The van der Waals surface area contributed by atoms with Crippen molar-refractivity contribution in [1.29, 1.82) is 0 Å². The largest absolute Gasteiger partial charge is 0.376 e. The number of carbonyl (C=O) groups is 2. The second kappa shape index (κ2) is 7.38. The lowest BCUT2D eigenvalue weighted by Crippen LogP contribution is -2.28. The summed E-state index contributed by atoms with van der Waals surface area (Å²) in [5, 5.41) is 2.98. The average Bonchev–Trinajstić information content (AvgIpc) is 2.97. The zero-order valence-electron chi connectivity index (χ0n) is 14.6. The first kappa shape index (κ1) is 17.0. The van der Waals surface area contributed by atoms with E-state index in [-0.39, 0.29) is 24.2 Å². The van der Waals surface area contributed by atoms with Crippen molar-refractivity contribution in [3.05, 3.63) is 60.2 Å². The van der Waals surface area contributed by atoms with Gasteiger partial charge in [-0.05, 0) is 17.7 Å². The van der Waals surface area contributed by atoms with Crippen molar-refractivity contribution in [3.8, 4) is 0 Å². The minimum absolute atomic E-state index is 0.0323. The van der Waals surface area contributed by atoms with E-state index in [2.05, 4.69) is 5.32 Å². The van der Waals surface area contributed by atoms with Crippen molar-refractivity contribution in [2.24, 2.45) is 5.92 Å². The molecule has 1 atom stereocenters. The molecule has 0 radical (unpaired) electrons. The van der Waals surface area contributed by atoms with Gasteiger partial charge in [-0.25, -0.2) is 0 Å². The zero-order valence-corrected chi connectivity index (χ0v) is 14.6. The predicted octanol–water partition coefficient (Wildman–Crippen LogP) is 2.74. The highest BCUT2D eigenvalue weighted by Crippen LogP contribution is 2.26. The number of para-hydroxylation sites is 2. The molecule has 130 valence electrons. The van der Waals surface area contributed by atoms with Crippen LogP contribution in [0.1, 0.15) is 12.0 Å². The lowest BCUT2D eigenvalue weighted by Gasteiger charge is -2.19. The molecule has 0 aliphatic carbocycles. The van der Waals surface area contributed by atoms with Gasteiger partial charge in [0.05, 0.1) is 17.3 Å². The van der Waals surface area contributed by atoms with Crippen LogP contribution in [-0.2, 0) is 16.1 Å². The van der Waals surface area contributed by atoms with Crippen molar-refractivity contribution in [2.75, 3.05) is 30.9 Å². The molecule has 2 amide bonds. The van der Waals surface area contributed by atoms with Crippen LogP contribution in [0.15, 0.2) is 54.6 Å². The summed E-state index contributed by atoms with van der Waals surface area (Å²) < 4.78 is 0. The van der Waals surface area contributed by atoms with Crippen molar-refractivity contribution in [3.63, 3.8) is 0 Å². The lowest BCUT2D eigenvalue weighted by atomic mass is 10.1. The number of nitrogens with one attached hydrogen (secondary N) is 1. The van der Waals surface area contributed by atoms with E-state index in [1.165, 1.54) is 0 Å². The number of carbonyl (C=O) groups excluding carboxylic acids is 2. The molecule has 25 heavy (non-hydrogen) atoms. The van der Waals surface area contributed by atoms with Crippen molar-refractivity contribution < 1.29 is 9.59 Å². The predicted molar refractivity (Wildman–Crippen MR) is 99.4 cm³/mol. The molecule has 5 heteroatoms. The van der Waals surface area contributed by atoms with Gasteiger partial charge in [-0.3, -0.25) is 9.59 Å². The molecule has 1 heterocycles. The molecule has 3 rings (SSSR count). The van der Waals surface area contributed by atoms with Crippen LogP contribution in [0, 0.1) is 5.92 Å². The zero-order chi connectivity index (χ0) is 17.8. The third-order valence-electron chi connectivity index (χ3n) is 4.45. The van der Waals surface area contributed by atoms with Crippen LogP contribution >= 0.6 is 0 Å². The van der Waals surface area contributed by atoms with Gasteiger partial charge in [0.25, 0.3) is 0 Å². The summed E-state index contributed by atoms with van der Waals surface area (Å²) in [7, 11) is 3.87. The molecule has 1 aliphatic heterocycles. The highest BCUT2D eigenvalue weighted by Gasteiger charge is 2.34. The Morgan fingerprint density at radius 1 is 1.12 bits per heavy atom. The Kier molecular flexibility index (Phi) is 5.03. The van der Waals surface area contributed by atoms with Crippen LogP contribution in [0.5, 0.6) is 0 Å². The molecular formula is C20H23N3O2. The van der Waals surface area contributed by atoms with E-state index in [4.69, 9.17) is 0 Å². The van der Waals surface area contributed by atoms with Gasteiger partial charge < -0.3 is 15.1 Å². The van der Waals surface area contributed by atoms with Crippen molar-refractivity contribution >= 4 is 23.2 Å². The highest BCUT2D eigenvalue weighted by molar-refractivity contribution is 5.99. The van der Waals surface area contributed by atoms with E-state index in [9.17, 15) is 9.59 Å². The number of rotatable bonds is 5. The molecule has 2 aromatic carbocycles. The maximum atomic E-state index is 12.6. The first-order chi connectivity index (χ1) is 12.0. The maximum Gasteiger partial charge on any atom is 0.229 e. The van der Waals surface area contributed by atoms with E-state index in [0.717, 1.165) is 16.9 Å². The normalized spacial score (nSPS) is 16.8. The Labute approximate surface area is 148 Å². The number of amides is 2. The second-order valence-electron chi connectivity index (χ2n) is 6.56. The minimum atomic E-state index is -0.313. The molecule has 1 N–H and O–H groups in total. The molecule has 1 saturated heterocycles. The second-order valence-corrected chi connectivity index (χ2v) is 6.56. The summed E-state index contributed by atoms with van der Waals surface area (Å²) in [6, 6.07) is 17.5. The topological polar surface area (TPSA) is 52.7 Å². The molecule has 0 bridgehead atoms. The smallest absolute Gasteiger partial charge is 0.229 e. The Balaban J connectivity index is 1.65. The maximum absolute atomic E-state index is 12.6. The van der Waals surface area contributed by atoms with Crippen molar-refractivity contribution in [1.82, 2.24) is 4.90 Å². The fourth-order valence-corrected chi connectivity index (χ4v) is 3.11. The number of anilines is 2. The summed E-state index contributed by atoms with van der Waals surface area (Å²) in [6.07, 6.45) is 0.267. The molecule has 0 spiro atoms. The minimum Gasteiger partial charge on any atom is -0.376 e. The molecule has 0 unspecified atom stereocenters. The van der Waals surface area contributed by atoms with Crippen LogP contribution in [0.3, 0.4) is 0 Å². The van der Waals surface area contributed by atoms with Crippen molar-refractivity contribution in [2.45, 2.75) is 13.0 Å². The Morgan fingerprint density at radius 2 is 1.80 bits per heavy atom. The summed E-state index contributed by atoms with van der Waals surface area (Å²) in [5.41, 5.74) is 2.79. The van der Waals surface area contributed by atoms with Gasteiger partial charge in [0.1, 0.15) is 0 Å². The van der Waals surface area contributed by atoms with E-state index in [1.54, 1.807) is 4.90 Å². The van der Waals surface area contributed by atoms with Gasteiger partial charge in [0.2, 0.25) is 11.8 Å². The molecule has 1 aliphatic rings. The van der Waals surface area contributed by atoms with E-state index in [1.807, 2.05) is 73.6 Å². The average molecular weight is 337 g/mol. The Hall–Kier alpha value is -2.82. The first-order valence-electron chi connectivity index (χ1n) is 8.43. The van der Waals surface area contributed by atoms with Crippen LogP contribution in [0.4, 0.5) is 11.4 Å². The third kappa shape index (κ3) is 3.99. The molecular weight excluding hydrogens is 314 g/mol. The van der Waals surface area contributed by atoms with Gasteiger partial charge in [-0.1, -0.05) is 42.5 Å². The summed E-state index contributed by atoms with van der Waals surface area (Å²) in [5.74, 6) is -0.380. The Bertz CT molecular complexity index is 759. The van der Waals surface area contributed by atoms with Gasteiger partial charge in [-0.2, -0.15) is 0 Å². The number of hydrogen-bond donors (Lipinski definition) is 1. The monoisotopic (exact) mass is 337 g/mol. The standard InChI is InChI=1S/C20H23N3O2/c1-22(2)18-11-7-6-10-17(18)21-20(25)16-12-19(24)23(14-16)13-15-8-4-3-5-9-15/h3-11,16H,12-14H2,1-2H3,(H,21,25)/t16-/m1/s1. The quantitative estimate of drug-likeness (QED) is 0.913. The molecule has 2 aromatic rings. The van der Waals surface area contributed by atoms with E-state index >= 15 is 0 Å². The summed E-state index contributed by atoms with van der Waals surface area (Å²) in [6.45, 7) is 1.02. The number of likely N-dealkylation sites (tertiary alicyclic amines) is 1. The number of benzene rings is 2. The fraction of sp³-hybridized carbons (Fsp3) is 0.300. The Morgan fingerprint density at radius 3 is 2.52 bits per heavy atom. The van der Waals surface area contributed by atoms with Crippen LogP contribution in [-0.4, -0.2) is 37.4 Å². The molecule has 1 fully saturated rings. The highest BCUT2D eigenvalue weighted by atomic mass is 16.2. The summed E-state index contributed by atoms with van der Waals surface area (Å²) in [4.78, 5) is 28.6. The number of hydrogen-bond acceptors (Lipinski definition) is 3. The molecule has 5 nitrogen and oxygen atoms in total. The van der Waals surface area contributed by atoms with Crippen LogP contribution in [0.2, 0.25) is 0 Å². The SMILES string of the molecule is CN(C)c1ccccc1NC(=O)[C@@H]1CC(=O)N(Cc2ccccc2)C1. The molecule has 0 saturated carbocycles. The summed E-state index contributed by atoms with van der Waals surface area (Å²) >= 11 is 0. The first-order valence-corrected chi connectivity index (χ1v) is 8.43. The van der Waals surface area contributed by atoms with Crippen LogP contribution in [0.25, 0.3) is 0 Å². The third-order valence-corrected chi connectivity index (χ3v) is 4.45. The van der Waals surface area contributed by atoms with Gasteiger partial charge >= 0.3 is 0 Å². The van der Waals surface area contributed by atoms with Gasteiger partial charge in [0.15, 0.2) is 0 Å². The number of nitrogens with zero attached hydrogens (tertiary/aromatic N) is 2. The van der Waals surface area contributed by atoms with Gasteiger partial charge in [-0.15, -0.1) is 0 Å². The van der Waals surface area contributed by atoms with Gasteiger partial charge in [0, 0.05) is 33.6 Å². The van der Waals surface area contributed by atoms with E-state index < -0.39 is 0 Å². The van der Waals surface area contributed by atoms with E-state index in [0.29, 0.717) is 13.1 Å². The van der Waals surface area contributed by atoms with Crippen LogP contribution < -0.4 is 10.2 Å². The fourth-order valence-electron chi connectivity index (χ4n) is 3.11.